The minimum Gasteiger partial charge on any atom is -0.488 e. The van der Waals surface area contributed by atoms with Gasteiger partial charge in [0.25, 0.3) is 0 Å². The van der Waals surface area contributed by atoms with Crippen LogP contribution in [-0.2, 0) is 4.79 Å². The Morgan fingerprint density at radius 3 is 2.58 bits per heavy atom. The molecule has 1 saturated heterocycles. The molecular formula is C18H25N3O3. The number of nitrogens with zero attached hydrogens (tertiary/aromatic N) is 1. The average Bonchev–Trinajstić information content (AvgIpc) is 2.90. The van der Waals surface area contributed by atoms with E-state index < -0.39 is 6.04 Å². The van der Waals surface area contributed by atoms with Crippen molar-refractivity contribution in [1.82, 2.24) is 15.5 Å². The van der Waals surface area contributed by atoms with Gasteiger partial charge in [0, 0.05) is 13.6 Å². The number of hydrogen-bond acceptors (Lipinski definition) is 3. The minimum absolute atomic E-state index is 0.0223. The summed E-state index contributed by atoms with van der Waals surface area (Å²) in [5.74, 6) is 0.801. The van der Waals surface area contributed by atoms with Crippen molar-refractivity contribution in [2.45, 2.75) is 50.3 Å². The van der Waals surface area contributed by atoms with E-state index in [-0.39, 0.29) is 24.1 Å². The van der Waals surface area contributed by atoms with Crippen LogP contribution in [0, 0.1) is 0 Å². The van der Waals surface area contributed by atoms with Crippen molar-refractivity contribution in [2.75, 3.05) is 13.6 Å². The number of benzene rings is 1. The van der Waals surface area contributed by atoms with Crippen molar-refractivity contribution in [3.63, 3.8) is 0 Å². The molecule has 3 amide bonds. The first-order chi connectivity index (χ1) is 11.6. The van der Waals surface area contributed by atoms with E-state index in [0.717, 1.165) is 31.4 Å². The lowest BCUT2D eigenvalue weighted by molar-refractivity contribution is -0.128. The number of carbonyl (C=O) groups is 2. The molecule has 1 heterocycles. The number of para-hydroxylation sites is 1. The number of rotatable bonds is 4. The number of likely N-dealkylation sites (tertiary alicyclic amines) is 1. The second-order valence-corrected chi connectivity index (χ2v) is 6.58. The highest BCUT2D eigenvalue weighted by Gasteiger charge is 2.32. The predicted octanol–water partition coefficient (Wildman–Crippen LogP) is 1.91. The summed E-state index contributed by atoms with van der Waals surface area (Å²) in [5, 5.41) is 5.80. The van der Waals surface area contributed by atoms with E-state index in [1.807, 2.05) is 30.3 Å². The third-order valence-corrected chi connectivity index (χ3v) is 4.78. The first-order valence-corrected chi connectivity index (χ1v) is 8.67. The van der Waals surface area contributed by atoms with Gasteiger partial charge < -0.3 is 20.3 Å². The largest absolute Gasteiger partial charge is 0.488 e. The quantitative estimate of drug-likeness (QED) is 0.885. The van der Waals surface area contributed by atoms with E-state index >= 15 is 0 Å². The SMILES string of the molecule is CN1CCC(NC(=O)NC2CCCCC2Oc2ccccc2)C1=O. The number of nitrogens with one attached hydrogen (secondary N) is 2. The molecule has 3 unspecified atom stereocenters. The van der Waals surface area contributed by atoms with Crippen LogP contribution in [0.2, 0.25) is 0 Å². The molecule has 2 fully saturated rings. The van der Waals surface area contributed by atoms with Crippen LogP contribution >= 0.6 is 0 Å². The van der Waals surface area contributed by atoms with E-state index in [4.69, 9.17) is 4.74 Å². The zero-order valence-corrected chi connectivity index (χ0v) is 14.0. The molecule has 3 rings (SSSR count). The molecule has 2 aliphatic rings. The summed E-state index contributed by atoms with van der Waals surface area (Å²) in [5.41, 5.74) is 0. The van der Waals surface area contributed by atoms with E-state index in [9.17, 15) is 9.59 Å². The number of hydrogen-bond donors (Lipinski definition) is 2. The summed E-state index contributed by atoms with van der Waals surface area (Å²) in [6, 6.07) is 8.97. The van der Waals surface area contributed by atoms with Gasteiger partial charge >= 0.3 is 6.03 Å². The van der Waals surface area contributed by atoms with E-state index in [2.05, 4.69) is 10.6 Å². The van der Waals surface area contributed by atoms with Crippen LogP contribution in [0.5, 0.6) is 5.75 Å². The summed E-state index contributed by atoms with van der Waals surface area (Å²) >= 11 is 0. The lowest BCUT2D eigenvalue weighted by Crippen LogP contribution is -2.53. The molecular weight excluding hydrogens is 306 g/mol. The Morgan fingerprint density at radius 1 is 1.12 bits per heavy atom. The monoisotopic (exact) mass is 331 g/mol. The molecule has 0 aromatic heterocycles. The molecule has 6 heteroatoms. The van der Waals surface area contributed by atoms with Crippen molar-refractivity contribution in [2.24, 2.45) is 0 Å². The number of urea groups is 1. The van der Waals surface area contributed by atoms with Gasteiger partial charge in [0.15, 0.2) is 0 Å². The van der Waals surface area contributed by atoms with E-state index in [0.29, 0.717) is 13.0 Å². The summed E-state index contributed by atoms with van der Waals surface area (Å²) in [6.07, 6.45) is 4.62. The first kappa shape index (κ1) is 16.6. The maximum absolute atomic E-state index is 12.3. The normalized spacial score (nSPS) is 27.0. The molecule has 1 aromatic carbocycles. The summed E-state index contributed by atoms with van der Waals surface area (Å²) < 4.78 is 6.06. The Kier molecular flexibility index (Phi) is 5.23. The lowest BCUT2D eigenvalue weighted by Gasteiger charge is -2.32. The highest BCUT2D eigenvalue weighted by molar-refractivity contribution is 5.88. The Hall–Kier alpha value is -2.24. The molecule has 1 saturated carbocycles. The number of ether oxygens (including phenoxy) is 1. The van der Waals surface area contributed by atoms with Crippen molar-refractivity contribution in [3.8, 4) is 5.75 Å². The van der Waals surface area contributed by atoms with E-state index in [1.165, 1.54) is 0 Å². The second-order valence-electron chi connectivity index (χ2n) is 6.58. The molecule has 6 nitrogen and oxygen atoms in total. The third kappa shape index (κ3) is 3.99. The van der Waals surface area contributed by atoms with E-state index in [1.54, 1.807) is 11.9 Å². The van der Waals surface area contributed by atoms with Crippen molar-refractivity contribution in [1.29, 1.82) is 0 Å². The fourth-order valence-corrected chi connectivity index (χ4v) is 3.40. The van der Waals surface area contributed by atoms with Gasteiger partial charge in [-0.25, -0.2) is 4.79 Å². The Labute approximate surface area is 142 Å². The van der Waals surface area contributed by atoms with Crippen LogP contribution in [0.25, 0.3) is 0 Å². The fourth-order valence-electron chi connectivity index (χ4n) is 3.40. The second kappa shape index (κ2) is 7.55. The molecule has 1 aliphatic heterocycles. The highest BCUT2D eigenvalue weighted by Crippen LogP contribution is 2.24. The van der Waals surface area contributed by atoms with Gasteiger partial charge in [-0.2, -0.15) is 0 Å². The topological polar surface area (TPSA) is 70.7 Å². The predicted molar refractivity (Wildman–Crippen MR) is 90.8 cm³/mol. The molecule has 1 aromatic rings. The molecule has 2 N–H and O–H groups in total. The van der Waals surface area contributed by atoms with Gasteiger partial charge in [-0.15, -0.1) is 0 Å². The zero-order chi connectivity index (χ0) is 16.9. The fraction of sp³-hybridized carbons (Fsp3) is 0.556. The number of likely N-dealkylation sites (N-methyl/N-ethyl adjacent to an activating group) is 1. The van der Waals surface area contributed by atoms with Crippen molar-refractivity contribution in [3.05, 3.63) is 30.3 Å². The van der Waals surface area contributed by atoms with Crippen LogP contribution in [-0.4, -0.2) is 48.6 Å². The lowest BCUT2D eigenvalue weighted by atomic mass is 9.92. The zero-order valence-electron chi connectivity index (χ0n) is 14.0. The smallest absolute Gasteiger partial charge is 0.315 e. The van der Waals surface area contributed by atoms with Crippen LogP contribution in [0.1, 0.15) is 32.1 Å². The Balaban J connectivity index is 1.55. The van der Waals surface area contributed by atoms with Crippen LogP contribution in [0.15, 0.2) is 30.3 Å². The average molecular weight is 331 g/mol. The van der Waals surface area contributed by atoms with Gasteiger partial charge in [-0.3, -0.25) is 4.79 Å². The van der Waals surface area contributed by atoms with Gasteiger partial charge in [-0.05, 0) is 37.8 Å². The summed E-state index contributed by atoms with van der Waals surface area (Å²) in [4.78, 5) is 25.8. The van der Waals surface area contributed by atoms with Crippen molar-refractivity contribution < 1.29 is 14.3 Å². The summed E-state index contributed by atoms with van der Waals surface area (Å²) in [7, 11) is 1.76. The molecule has 0 radical (unpaired) electrons. The number of carbonyl (C=O) groups excluding carboxylic acids is 2. The molecule has 0 spiro atoms. The standard InChI is InChI=1S/C18H25N3O3/c1-21-12-11-15(17(21)22)20-18(23)19-14-9-5-6-10-16(14)24-13-7-3-2-4-8-13/h2-4,7-8,14-16H,5-6,9-12H2,1H3,(H2,19,20,23). The first-order valence-electron chi connectivity index (χ1n) is 8.67. The maximum Gasteiger partial charge on any atom is 0.315 e. The molecule has 3 atom stereocenters. The maximum atomic E-state index is 12.3. The molecule has 130 valence electrons. The summed E-state index contributed by atoms with van der Waals surface area (Å²) in [6.45, 7) is 0.687. The molecule has 0 bridgehead atoms. The van der Waals surface area contributed by atoms with Crippen LogP contribution in [0.3, 0.4) is 0 Å². The van der Waals surface area contributed by atoms with Crippen molar-refractivity contribution >= 4 is 11.9 Å². The molecule has 1 aliphatic carbocycles. The molecule has 24 heavy (non-hydrogen) atoms. The third-order valence-electron chi connectivity index (χ3n) is 4.78. The van der Waals surface area contributed by atoms with Gasteiger partial charge in [0.05, 0.1) is 6.04 Å². The van der Waals surface area contributed by atoms with Gasteiger partial charge in [0.2, 0.25) is 5.91 Å². The van der Waals surface area contributed by atoms with Crippen LogP contribution < -0.4 is 15.4 Å². The Morgan fingerprint density at radius 2 is 1.88 bits per heavy atom. The number of amides is 3. The minimum atomic E-state index is -0.410. The van der Waals surface area contributed by atoms with Gasteiger partial charge in [0.1, 0.15) is 17.9 Å². The highest BCUT2D eigenvalue weighted by atomic mass is 16.5. The van der Waals surface area contributed by atoms with Crippen LogP contribution in [0.4, 0.5) is 4.79 Å². The Bertz CT molecular complexity index is 578. The van der Waals surface area contributed by atoms with Gasteiger partial charge in [-0.1, -0.05) is 24.6 Å².